The van der Waals surface area contributed by atoms with E-state index in [9.17, 15) is 4.79 Å². The lowest BCUT2D eigenvalue weighted by molar-refractivity contribution is -0.146. The lowest BCUT2D eigenvalue weighted by atomic mass is 9.53. The third-order valence-electron chi connectivity index (χ3n) is 7.17. The second kappa shape index (κ2) is 5.38. The van der Waals surface area contributed by atoms with Crippen molar-refractivity contribution in [1.29, 1.82) is 0 Å². The van der Waals surface area contributed by atoms with Crippen LogP contribution in [0.25, 0.3) is 0 Å². The number of rotatable bonds is 4. The minimum Gasteiger partial charge on any atom is -0.298 e. The van der Waals surface area contributed by atoms with Crippen molar-refractivity contribution in [2.45, 2.75) is 54.4 Å². The third-order valence-corrected chi connectivity index (χ3v) is 7.74. The molecule has 0 saturated carbocycles. The molecule has 0 saturated heterocycles. The highest BCUT2D eigenvalue weighted by Crippen LogP contribution is 2.62. The molecule has 124 valence electrons. The van der Waals surface area contributed by atoms with Gasteiger partial charge in [0.05, 0.1) is 0 Å². The molecule has 0 radical (unpaired) electrons. The van der Waals surface area contributed by atoms with Gasteiger partial charge in [0.1, 0.15) is 5.78 Å². The van der Waals surface area contributed by atoms with E-state index < -0.39 is 10.8 Å². The molecular weight excluding hydrogens is 315 g/mol. The first-order valence-electron chi connectivity index (χ1n) is 8.05. The van der Waals surface area contributed by atoms with Crippen molar-refractivity contribution in [3.8, 4) is 0 Å². The Morgan fingerprint density at radius 3 is 1.41 bits per heavy atom. The molecule has 0 spiro atoms. The molecular formula is C19H28Cl2O. The standard InChI is InChI=1S/C19H28Cl2O/c1-16(2)13(11-20)7-9-18(16,5)15(22)19(6)10-8-14(12-21)17(19,3)4/h7-8H,9-12H2,1-6H3/t18-,19-/m0/s1. The van der Waals surface area contributed by atoms with Gasteiger partial charge in [-0.15, -0.1) is 23.2 Å². The zero-order valence-corrected chi connectivity index (χ0v) is 16.2. The van der Waals surface area contributed by atoms with Crippen molar-refractivity contribution < 1.29 is 4.79 Å². The summed E-state index contributed by atoms with van der Waals surface area (Å²) in [6.07, 6.45) is 5.91. The largest absolute Gasteiger partial charge is 0.298 e. The number of Topliss-reactive ketones (excluding diaryl/α,β-unsaturated/α-hetero) is 1. The molecule has 0 unspecified atom stereocenters. The molecule has 0 aliphatic heterocycles. The quantitative estimate of drug-likeness (QED) is 0.469. The summed E-state index contributed by atoms with van der Waals surface area (Å²) in [5, 5.41) is 0. The fourth-order valence-electron chi connectivity index (χ4n) is 4.19. The summed E-state index contributed by atoms with van der Waals surface area (Å²) in [5.41, 5.74) is 1.17. The minimum absolute atomic E-state index is 0.200. The van der Waals surface area contributed by atoms with E-state index in [4.69, 9.17) is 23.2 Å². The molecule has 0 fully saturated rings. The molecule has 0 bridgehead atoms. The van der Waals surface area contributed by atoms with Crippen LogP contribution in [-0.2, 0) is 4.79 Å². The van der Waals surface area contributed by atoms with Crippen LogP contribution in [0.1, 0.15) is 54.4 Å². The highest BCUT2D eigenvalue weighted by atomic mass is 35.5. The Morgan fingerprint density at radius 2 is 1.18 bits per heavy atom. The van der Waals surface area contributed by atoms with Gasteiger partial charge < -0.3 is 0 Å². The van der Waals surface area contributed by atoms with Crippen LogP contribution in [0.2, 0.25) is 0 Å². The van der Waals surface area contributed by atoms with Gasteiger partial charge in [0.25, 0.3) is 0 Å². The summed E-state index contributed by atoms with van der Waals surface area (Å²) in [7, 11) is 0. The molecule has 0 aromatic heterocycles. The van der Waals surface area contributed by atoms with Gasteiger partial charge in [0.15, 0.2) is 0 Å². The van der Waals surface area contributed by atoms with Gasteiger partial charge in [-0.25, -0.2) is 0 Å². The predicted octanol–water partition coefficient (Wildman–Crippen LogP) is 5.76. The van der Waals surface area contributed by atoms with Crippen LogP contribution in [0.5, 0.6) is 0 Å². The Kier molecular flexibility index (Phi) is 4.42. The van der Waals surface area contributed by atoms with Gasteiger partial charge in [-0.3, -0.25) is 4.79 Å². The summed E-state index contributed by atoms with van der Waals surface area (Å²) < 4.78 is 0. The van der Waals surface area contributed by atoms with Crippen LogP contribution in [0, 0.1) is 21.7 Å². The van der Waals surface area contributed by atoms with Crippen molar-refractivity contribution >= 4 is 29.0 Å². The molecule has 0 N–H and O–H groups in total. The smallest absolute Gasteiger partial charge is 0.146 e. The molecule has 2 rings (SSSR count). The van der Waals surface area contributed by atoms with E-state index in [1.165, 1.54) is 11.1 Å². The molecule has 2 aliphatic carbocycles. The topological polar surface area (TPSA) is 17.1 Å². The molecule has 2 atom stereocenters. The Morgan fingerprint density at radius 1 is 0.864 bits per heavy atom. The molecule has 0 heterocycles. The summed E-state index contributed by atoms with van der Waals surface area (Å²) >= 11 is 12.2. The molecule has 2 aliphatic rings. The highest BCUT2D eigenvalue weighted by molar-refractivity contribution is 6.20. The second-order valence-corrected chi connectivity index (χ2v) is 8.91. The molecule has 3 heteroatoms. The van der Waals surface area contributed by atoms with E-state index >= 15 is 0 Å². The predicted molar refractivity (Wildman–Crippen MR) is 95.6 cm³/mol. The monoisotopic (exact) mass is 342 g/mol. The van der Waals surface area contributed by atoms with E-state index in [1.807, 2.05) is 0 Å². The number of carbonyl (C=O) groups is 1. The maximum Gasteiger partial charge on any atom is 0.146 e. The van der Waals surface area contributed by atoms with Crippen LogP contribution in [-0.4, -0.2) is 17.5 Å². The fraction of sp³-hybridized carbons (Fsp3) is 0.737. The first-order chi connectivity index (χ1) is 9.99. The maximum absolute atomic E-state index is 13.7. The molecule has 1 nitrogen and oxygen atoms in total. The fourth-order valence-corrected chi connectivity index (χ4v) is 5.08. The van der Waals surface area contributed by atoms with Crippen LogP contribution >= 0.6 is 23.2 Å². The average molecular weight is 343 g/mol. The first kappa shape index (κ1) is 18.1. The zero-order chi connectivity index (χ0) is 17.0. The Hall–Kier alpha value is -0.270. The van der Waals surface area contributed by atoms with E-state index in [0.717, 1.165) is 12.8 Å². The Labute approximate surface area is 145 Å². The summed E-state index contributed by atoms with van der Waals surface area (Å²) in [5.74, 6) is 1.35. The van der Waals surface area contributed by atoms with Crippen molar-refractivity contribution in [3.05, 3.63) is 23.3 Å². The van der Waals surface area contributed by atoms with Gasteiger partial charge in [-0.1, -0.05) is 64.8 Å². The number of allylic oxidation sites excluding steroid dienone is 4. The maximum atomic E-state index is 13.7. The lowest BCUT2D eigenvalue weighted by Gasteiger charge is -2.48. The third kappa shape index (κ3) is 2.08. The summed E-state index contributed by atoms with van der Waals surface area (Å²) in [4.78, 5) is 13.7. The Bertz CT molecular complexity index is 508. The van der Waals surface area contributed by atoms with E-state index in [1.54, 1.807) is 0 Å². The van der Waals surface area contributed by atoms with Crippen LogP contribution in [0.4, 0.5) is 0 Å². The van der Waals surface area contributed by atoms with Crippen molar-refractivity contribution in [2.24, 2.45) is 21.7 Å². The van der Waals surface area contributed by atoms with Crippen molar-refractivity contribution in [1.82, 2.24) is 0 Å². The SMILES string of the molecule is CC1(C)C(CCl)=CC[C@@]1(C)C(=O)[C@]1(C)CC=C(CCl)C1(C)C. The second-order valence-electron chi connectivity index (χ2n) is 8.38. The van der Waals surface area contributed by atoms with Gasteiger partial charge in [0.2, 0.25) is 0 Å². The summed E-state index contributed by atoms with van der Waals surface area (Å²) in [6.45, 7) is 12.9. The van der Waals surface area contributed by atoms with Gasteiger partial charge >= 0.3 is 0 Å². The van der Waals surface area contributed by atoms with E-state index in [2.05, 4.69) is 53.7 Å². The van der Waals surface area contributed by atoms with Crippen LogP contribution in [0.3, 0.4) is 0 Å². The van der Waals surface area contributed by atoms with Crippen molar-refractivity contribution in [2.75, 3.05) is 11.8 Å². The zero-order valence-electron chi connectivity index (χ0n) is 14.6. The number of ketones is 1. The first-order valence-corrected chi connectivity index (χ1v) is 9.12. The number of carbonyl (C=O) groups excluding carboxylic acids is 1. The number of hydrogen-bond donors (Lipinski definition) is 0. The van der Waals surface area contributed by atoms with E-state index in [0.29, 0.717) is 17.5 Å². The van der Waals surface area contributed by atoms with E-state index in [-0.39, 0.29) is 10.8 Å². The number of halogens is 2. The lowest BCUT2D eigenvalue weighted by Crippen LogP contribution is -2.51. The highest BCUT2D eigenvalue weighted by Gasteiger charge is 2.61. The van der Waals surface area contributed by atoms with Crippen LogP contribution in [0.15, 0.2) is 23.3 Å². The van der Waals surface area contributed by atoms with Crippen LogP contribution < -0.4 is 0 Å². The van der Waals surface area contributed by atoms with Gasteiger partial charge in [-0.05, 0) is 23.7 Å². The number of hydrogen-bond acceptors (Lipinski definition) is 1. The van der Waals surface area contributed by atoms with Gasteiger partial charge in [0, 0.05) is 22.6 Å². The minimum atomic E-state index is -0.404. The van der Waals surface area contributed by atoms with Crippen molar-refractivity contribution in [3.63, 3.8) is 0 Å². The number of alkyl halides is 2. The molecule has 0 amide bonds. The molecule has 0 aromatic carbocycles. The van der Waals surface area contributed by atoms with Gasteiger partial charge in [-0.2, -0.15) is 0 Å². The molecule has 0 aromatic rings. The Balaban J connectivity index is 2.42. The molecule has 22 heavy (non-hydrogen) atoms. The average Bonchev–Trinajstić information content (AvgIpc) is 2.82. The normalized spacial score (nSPS) is 36.2. The summed E-state index contributed by atoms with van der Waals surface area (Å²) in [6, 6.07) is 0.